The molecule has 6 rings (SSSR count). The lowest BCUT2D eigenvalue weighted by Crippen LogP contribution is -2.34. The highest BCUT2D eigenvalue weighted by Gasteiger charge is 2.29. The monoisotopic (exact) mass is 536 g/mol. The first kappa shape index (κ1) is 27.3. The molecule has 0 N–H and O–H groups in total. The smallest absolute Gasteiger partial charge is 0.133 e. The van der Waals surface area contributed by atoms with Crippen LogP contribution >= 0.6 is 0 Å². The first-order chi connectivity index (χ1) is 19.5. The van der Waals surface area contributed by atoms with Crippen molar-refractivity contribution >= 4 is 5.82 Å². The Morgan fingerprint density at radius 1 is 0.925 bits per heavy atom. The Kier molecular flexibility index (Phi) is 8.14. The van der Waals surface area contributed by atoms with E-state index in [0.717, 1.165) is 24.5 Å². The van der Waals surface area contributed by atoms with Gasteiger partial charge in [-0.25, -0.2) is 4.98 Å². The Bertz CT molecular complexity index is 1320. The third kappa shape index (κ3) is 6.06. The minimum Gasteiger partial charge on any atom is -0.330 e. The van der Waals surface area contributed by atoms with E-state index in [4.69, 9.17) is 11.6 Å². The van der Waals surface area contributed by atoms with Crippen molar-refractivity contribution in [1.29, 1.82) is 0 Å². The molecule has 212 valence electrons. The summed E-state index contributed by atoms with van der Waals surface area (Å²) >= 11 is 0. The minimum atomic E-state index is 0.577. The molecule has 2 aromatic heterocycles. The third-order valence-corrected chi connectivity index (χ3v) is 10.0. The zero-order valence-corrected chi connectivity index (χ0v) is 25.0. The second kappa shape index (κ2) is 11.9. The fraction of sp³-hybridized carbons (Fsp3) is 0.556. The predicted molar refractivity (Wildman–Crippen MR) is 167 cm³/mol. The van der Waals surface area contributed by atoms with Gasteiger partial charge in [-0.15, -0.1) is 0 Å². The van der Waals surface area contributed by atoms with Gasteiger partial charge >= 0.3 is 0 Å². The number of anilines is 1. The quantitative estimate of drug-likeness (QED) is 0.273. The van der Waals surface area contributed by atoms with Crippen LogP contribution in [-0.4, -0.2) is 21.3 Å². The molecule has 4 heteroatoms. The molecular weight excluding hydrogens is 488 g/mol. The number of allylic oxidation sites excluding steroid dienone is 1. The second-order valence-electron chi connectivity index (χ2n) is 13.0. The first-order valence-electron chi connectivity index (χ1n) is 16.1. The van der Waals surface area contributed by atoms with Gasteiger partial charge in [0.1, 0.15) is 5.82 Å². The Morgan fingerprint density at radius 2 is 1.70 bits per heavy atom. The molecule has 3 aromatic rings. The van der Waals surface area contributed by atoms with E-state index in [1.54, 1.807) is 5.56 Å². The molecule has 0 radical (unpaired) electrons. The molecule has 1 aromatic carbocycles. The van der Waals surface area contributed by atoms with E-state index in [9.17, 15) is 0 Å². The van der Waals surface area contributed by atoms with E-state index in [0.29, 0.717) is 23.8 Å². The highest BCUT2D eigenvalue weighted by Crippen LogP contribution is 2.40. The van der Waals surface area contributed by atoms with Crippen LogP contribution in [0.2, 0.25) is 0 Å². The Morgan fingerprint density at radius 3 is 2.40 bits per heavy atom. The van der Waals surface area contributed by atoms with Crippen LogP contribution in [0, 0.1) is 25.7 Å². The maximum atomic E-state index is 5.12. The largest absolute Gasteiger partial charge is 0.330 e. The Hall–Kier alpha value is -2.88. The van der Waals surface area contributed by atoms with Crippen molar-refractivity contribution in [3.05, 3.63) is 77.4 Å². The van der Waals surface area contributed by atoms with Crippen molar-refractivity contribution in [1.82, 2.24) is 14.8 Å². The van der Waals surface area contributed by atoms with Crippen molar-refractivity contribution in [2.75, 3.05) is 11.4 Å². The maximum Gasteiger partial charge on any atom is 0.133 e. The van der Waals surface area contributed by atoms with Gasteiger partial charge in [0.2, 0.25) is 0 Å². The van der Waals surface area contributed by atoms with Crippen LogP contribution in [-0.2, 0) is 6.42 Å². The number of benzene rings is 1. The Labute approximate surface area is 241 Å². The summed E-state index contributed by atoms with van der Waals surface area (Å²) in [5, 5.41) is 4.67. The van der Waals surface area contributed by atoms with E-state index in [-0.39, 0.29) is 0 Å². The van der Waals surface area contributed by atoms with Crippen LogP contribution in [0.3, 0.4) is 0 Å². The molecule has 0 amide bonds. The van der Waals surface area contributed by atoms with E-state index in [1.807, 2.05) is 6.20 Å². The summed E-state index contributed by atoms with van der Waals surface area (Å²) in [5.41, 5.74) is 9.29. The molecule has 3 aliphatic rings. The standard InChI is InChI=1S/C36H48N4/c1-5-29-15-16-32(19-25(29)2)31-13-11-28(12-14-31)23-39(27(4)30-9-7-6-8-10-30)36-21-33(20-26(3)38-36)34-22-37-40(24-34)35-17-18-35/h15-16,19-22,24,28,30-31,35H,4-14,17-18,23H2,1-3H3. The van der Waals surface area contributed by atoms with Gasteiger partial charge in [-0.05, 0) is 124 Å². The second-order valence-corrected chi connectivity index (χ2v) is 13.0. The molecule has 40 heavy (non-hydrogen) atoms. The number of pyridine rings is 1. The molecule has 0 spiro atoms. The molecule has 3 aliphatic carbocycles. The van der Waals surface area contributed by atoms with Crippen molar-refractivity contribution in [3.8, 4) is 11.1 Å². The van der Waals surface area contributed by atoms with Gasteiger partial charge < -0.3 is 4.90 Å². The maximum absolute atomic E-state index is 5.12. The van der Waals surface area contributed by atoms with Gasteiger partial charge in [-0.3, -0.25) is 4.68 Å². The predicted octanol–water partition coefficient (Wildman–Crippen LogP) is 9.33. The molecule has 3 saturated carbocycles. The minimum absolute atomic E-state index is 0.577. The molecule has 0 unspecified atom stereocenters. The summed E-state index contributed by atoms with van der Waals surface area (Å²) < 4.78 is 2.15. The van der Waals surface area contributed by atoms with Crippen molar-refractivity contribution < 1.29 is 0 Å². The first-order valence-corrected chi connectivity index (χ1v) is 16.1. The number of hydrogen-bond donors (Lipinski definition) is 0. The number of hydrogen-bond acceptors (Lipinski definition) is 3. The molecule has 0 atom stereocenters. The van der Waals surface area contributed by atoms with Crippen LogP contribution in [0.4, 0.5) is 5.82 Å². The van der Waals surface area contributed by atoms with Crippen molar-refractivity contribution in [2.45, 2.75) is 110 Å². The lowest BCUT2D eigenvalue weighted by Gasteiger charge is -2.38. The molecule has 0 aliphatic heterocycles. The summed E-state index contributed by atoms with van der Waals surface area (Å²) in [6.07, 6.45) is 19.6. The fourth-order valence-electron chi connectivity index (χ4n) is 7.30. The topological polar surface area (TPSA) is 34.0 Å². The summed E-state index contributed by atoms with van der Waals surface area (Å²) in [6, 6.07) is 12.3. The van der Waals surface area contributed by atoms with Gasteiger partial charge in [0.15, 0.2) is 0 Å². The molecule has 2 heterocycles. The van der Waals surface area contributed by atoms with E-state index < -0.39 is 0 Å². The summed E-state index contributed by atoms with van der Waals surface area (Å²) in [4.78, 5) is 7.65. The number of nitrogens with zero attached hydrogens (tertiary/aromatic N) is 4. The zero-order valence-electron chi connectivity index (χ0n) is 25.0. The molecule has 0 bridgehead atoms. The average molecular weight is 537 g/mol. The van der Waals surface area contributed by atoms with Gasteiger partial charge in [0.05, 0.1) is 12.2 Å². The van der Waals surface area contributed by atoms with Gasteiger partial charge in [-0.2, -0.15) is 5.10 Å². The normalized spacial score (nSPS) is 21.9. The summed E-state index contributed by atoms with van der Waals surface area (Å²) in [6.45, 7) is 12.5. The van der Waals surface area contributed by atoms with Crippen LogP contribution in [0.5, 0.6) is 0 Å². The SMILES string of the molecule is C=C(C1CCCCC1)N(CC1CCC(c2ccc(CC)c(C)c2)CC1)c1cc(-c2cnn(C3CC3)c2)cc(C)n1. The van der Waals surface area contributed by atoms with Gasteiger partial charge in [-0.1, -0.05) is 51.0 Å². The van der Waals surface area contributed by atoms with E-state index in [1.165, 1.54) is 98.6 Å². The van der Waals surface area contributed by atoms with E-state index >= 15 is 0 Å². The highest BCUT2D eigenvalue weighted by atomic mass is 15.3. The molecule has 4 nitrogen and oxygen atoms in total. The van der Waals surface area contributed by atoms with Crippen molar-refractivity contribution in [2.24, 2.45) is 11.8 Å². The summed E-state index contributed by atoms with van der Waals surface area (Å²) in [7, 11) is 0. The lowest BCUT2D eigenvalue weighted by molar-refractivity contribution is 0.323. The van der Waals surface area contributed by atoms with Crippen LogP contribution < -0.4 is 4.90 Å². The number of rotatable bonds is 9. The van der Waals surface area contributed by atoms with Gasteiger partial charge in [0.25, 0.3) is 0 Å². The van der Waals surface area contributed by atoms with E-state index in [2.05, 4.69) is 72.0 Å². The lowest BCUT2D eigenvalue weighted by atomic mass is 9.77. The zero-order chi connectivity index (χ0) is 27.6. The van der Waals surface area contributed by atoms with Crippen LogP contribution in [0.1, 0.15) is 112 Å². The van der Waals surface area contributed by atoms with Crippen LogP contribution in [0.15, 0.2) is 55.0 Å². The molecular formula is C36H48N4. The average Bonchev–Trinajstić information content (AvgIpc) is 3.72. The summed E-state index contributed by atoms with van der Waals surface area (Å²) in [5.74, 6) is 3.03. The molecule has 0 saturated heterocycles. The van der Waals surface area contributed by atoms with Gasteiger partial charge in [0, 0.05) is 29.7 Å². The fourth-order valence-corrected chi connectivity index (χ4v) is 7.30. The molecule has 3 fully saturated rings. The van der Waals surface area contributed by atoms with Crippen molar-refractivity contribution in [3.63, 3.8) is 0 Å². The number of aromatic nitrogens is 3. The number of aryl methyl sites for hydroxylation is 3. The highest BCUT2D eigenvalue weighted by molar-refractivity contribution is 5.67. The third-order valence-electron chi connectivity index (χ3n) is 10.0. The van der Waals surface area contributed by atoms with Crippen LogP contribution in [0.25, 0.3) is 11.1 Å². The Balaban J connectivity index is 1.21.